The Morgan fingerprint density at radius 1 is 0.875 bits per heavy atom. The van der Waals surface area contributed by atoms with Crippen molar-refractivity contribution >= 4 is 23.4 Å². The quantitative estimate of drug-likeness (QED) is 0.758. The third kappa shape index (κ3) is 6.42. The fourth-order valence-corrected chi connectivity index (χ4v) is 2.30. The third-order valence-electron chi connectivity index (χ3n) is 3.58. The summed E-state index contributed by atoms with van der Waals surface area (Å²) in [7, 11) is 0. The maximum Gasteiger partial charge on any atom is 0.229 e. The Kier molecular flexibility index (Phi) is 6.82. The Morgan fingerprint density at radius 2 is 1.46 bits per heavy atom. The van der Waals surface area contributed by atoms with Crippen molar-refractivity contribution in [2.24, 2.45) is 0 Å². The normalized spacial score (nSPS) is 10.2. The Morgan fingerprint density at radius 3 is 2.12 bits per heavy atom. The Labute approximate surface area is 147 Å². The number of amides is 2. The van der Waals surface area contributed by atoms with Crippen LogP contribution >= 0.6 is 11.6 Å². The molecule has 0 spiro atoms. The van der Waals surface area contributed by atoms with Crippen LogP contribution in [-0.2, 0) is 22.6 Å². The second kappa shape index (κ2) is 9.08. The molecule has 0 bridgehead atoms. The van der Waals surface area contributed by atoms with Crippen molar-refractivity contribution in [3.63, 3.8) is 0 Å². The minimum atomic E-state index is -0.278. The zero-order valence-corrected chi connectivity index (χ0v) is 14.4. The predicted octanol–water partition coefficient (Wildman–Crippen LogP) is 3.01. The summed E-state index contributed by atoms with van der Waals surface area (Å²) in [6.07, 6.45) is 0.542. The molecule has 0 atom stereocenters. The molecule has 0 aromatic heterocycles. The van der Waals surface area contributed by atoms with Crippen LogP contribution in [0, 0.1) is 6.92 Å². The van der Waals surface area contributed by atoms with Gasteiger partial charge in [-0.15, -0.1) is 0 Å². The van der Waals surface area contributed by atoms with Crippen molar-refractivity contribution < 1.29 is 9.59 Å². The molecular weight excluding hydrogens is 324 g/mol. The third-order valence-corrected chi connectivity index (χ3v) is 3.83. The van der Waals surface area contributed by atoms with Crippen molar-refractivity contribution in [1.29, 1.82) is 0 Å². The molecule has 0 aliphatic heterocycles. The van der Waals surface area contributed by atoms with Gasteiger partial charge in [0.15, 0.2) is 0 Å². The average molecular weight is 345 g/mol. The SMILES string of the molecule is Cc1ccc(CNC(=O)CC(=O)NCCc2ccc(Cl)cc2)cc1. The summed E-state index contributed by atoms with van der Waals surface area (Å²) in [6, 6.07) is 15.4. The fraction of sp³-hybridized carbons (Fsp3) is 0.263. The highest BCUT2D eigenvalue weighted by Gasteiger charge is 2.08. The molecule has 0 fully saturated rings. The molecule has 2 rings (SSSR count). The molecule has 0 radical (unpaired) electrons. The van der Waals surface area contributed by atoms with Crippen LogP contribution in [0.15, 0.2) is 48.5 Å². The lowest BCUT2D eigenvalue weighted by atomic mass is 10.1. The van der Waals surface area contributed by atoms with Crippen molar-refractivity contribution in [1.82, 2.24) is 10.6 Å². The molecule has 0 saturated carbocycles. The number of hydrogen-bond donors (Lipinski definition) is 2. The molecule has 126 valence electrons. The van der Waals surface area contributed by atoms with Gasteiger partial charge in [0.2, 0.25) is 11.8 Å². The van der Waals surface area contributed by atoms with Crippen LogP contribution in [0.1, 0.15) is 23.1 Å². The zero-order chi connectivity index (χ0) is 17.4. The molecular formula is C19H21ClN2O2. The second-order valence-electron chi connectivity index (χ2n) is 5.67. The first-order valence-electron chi connectivity index (χ1n) is 7.86. The molecule has 2 amide bonds. The van der Waals surface area contributed by atoms with Gasteiger partial charge in [-0.1, -0.05) is 53.6 Å². The van der Waals surface area contributed by atoms with E-state index in [1.54, 1.807) is 0 Å². The van der Waals surface area contributed by atoms with Crippen molar-refractivity contribution in [2.75, 3.05) is 6.54 Å². The van der Waals surface area contributed by atoms with E-state index in [0.29, 0.717) is 24.5 Å². The number of hydrogen-bond acceptors (Lipinski definition) is 2. The van der Waals surface area contributed by atoms with Crippen LogP contribution in [0.25, 0.3) is 0 Å². The van der Waals surface area contributed by atoms with E-state index >= 15 is 0 Å². The predicted molar refractivity (Wildman–Crippen MR) is 95.8 cm³/mol. The van der Waals surface area contributed by atoms with Gasteiger partial charge in [0.05, 0.1) is 0 Å². The van der Waals surface area contributed by atoms with Crippen LogP contribution in [0.4, 0.5) is 0 Å². The van der Waals surface area contributed by atoms with Crippen LogP contribution in [0.2, 0.25) is 5.02 Å². The van der Waals surface area contributed by atoms with Crippen molar-refractivity contribution in [2.45, 2.75) is 26.3 Å². The fourth-order valence-electron chi connectivity index (χ4n) is 2.17. The number of carbonyl (C=O) groups is 2. The summed E-state index contributed by atoms with van der Waals surface area (Å²) >= 11 is 5.82. The lowest BCUT2D eigenvalue weighted by molar-refractivity contribution is -0.129. The second-order valence-corrected chi connectivity index (χ2v) is 6.10. The molecule has 5 heteroatoms. The largest absolute Gasteiger partial charge is 0.355 e. The van der Waals surface area contributed by atoms with Crippen LogP contribution in [0.5, 0.6) is 0 Å². The standard InChI is InChI=1S/C19H21ClN2O2/c1-14-2-4-16(5-3-14)13-22-19(24)12-18(23)21-11-10-15-6-8-17(20)9-7-15/h2-9H,10-13H2,1H3,(H,21,23)(H,22,24). The maximum absolute atomic E-state index is 11.8. The Hall–Kier alpha value is -2.33. The van der Waals surface area contributed by atoms with Gasteiger partial charge < -0.3 is 10.6 Å². The highest BCUT2D eigenvalue weighted by Crippen LogP contribution is 2.09. The van der Waals surface area contributed by atoms with Gasteiger partial charge in [0, 0.05) is 18.1 Å². The molecule has 4 nitrogen and oxygen atoms in total. The molecule has 0 heterocycles. The van der Waals surface area contributed by atoms with E-state index in [-0.39, 0.29) is 18.2 Å². The first-order chi connectivity index (χ1) is 11.5. The maximum atomic E-state index is 11.8. The lowest BCUT2D eigenvalue weighted by Crippen LogP contribution is -2.32. The van der Waals surface area contributed by atoms with Crippen molar-refractivity contribution in [3.8, 4) is 0 Å². The number of aryl methyl sites for hydroxylation is 1. The van der Waals surface area contributed by atoms with Gasteiger partial charge >= 0.3 is 0 Å². The van der Waals surface area contributed by atoms with Gasteiger partial charge in [-0.05, 0) is 36.6 Å². The number of nitrogens with one attached hydrogen (secondary N) is 2. The minimum absolute atomic E-state index is 0.160. The van der Waals surface area contributed by atoms with Gasteiger partial charge in [-0.3, -0.25) is 9.59 Å². The van der Waals surface area contributed by atoms with E-state index in [1.165, 1.54) is 5.56 Å². The molecule has 0 saturated heterocycles. The first-order valence-corrected chi connectivity index (χ1v) is 8.24. The molecule has 24 heavy (non-hydrogen) atoms. The van der Waals surface area contributed by atoms with Crippen LogP contribution in [-0.4, -0.2) is 18.4 Å². The molecule has 0 aliphatic carbocycles. The molecule has 2 N–H and O–H groups in total. The van der Waals surface area contributed by atoms with E-state index in [4.69, 9.17) is 11.6 Å². The van der Waals surface area contributed by atoms with Gasteiger partial charge in [-0.2, -0.15) is 0 Å². The van der Waals surface area contributed by atoms with Crippen LogP contribution < -0.4 is 10.6 Å². The highest BCUT2D eigenvalue weighted by atomic mass is 35.5. The van der Waals surface area contributed by atoms with E-state index in [2.05, 4.69) is 10.6 Å². The van der Waals surface area contributed by atoms with Gasteiger partial charge in [0.1, 0.15) is 6.42 Å². The monoisotopic (exact) mass is 344 g/mol. The van der Waals surface area contributed by atoms with Crippen LogP contribution in [0.3, 0.4) is 0 Å². The Balaban J connectivity index is 1.65. The molecule has 2 aromatic carbocycles. The molecule has 0 unspecified atom stereocenters. The summed E-state index contributed by atoms with van der Waals surface area (Å²) in [5.74, 6) is -0.551. The first kappa shape index (κ1) is 18.0. The van der Waals surface area contributed by atoms with E-state index < -0.39 is 0 Å². The van der Waals surface area contributed by atoms with Gasteiger partial charge in [-0.25, -0.2) is 0 Å². The van der Waals surface area contributed by atoms with E-state index in [9.17, 15) is 9.59 Å². The summed E-state index contributed by atoms with van der Waals surface area (Å²) < 4.78 is 0. The molecule has 2 aromatic rings. The summed E-state index contributed by atoms with van der Waals surface area (Å²) in [5, 5.41) is 6.19. The summed E-state index contributed by atoms with van der Waals surface area (Å²) in [6.45, 7) is 2.93. The number of carbonyl (C=O) groups excluding carboxylic acids is 2. The number of benzene rings is 2. The topological polar surface area (TPSA) is 58.2 Å². The van der Waals surface area contributed by atoms with E-state index in [1.807, 2.05) is 55.5 Å². The smallest absolute Gasteiger partial charge is 0.229 e. The summed E-state index contributed by atoms with van der Waals surface area (Å²) in [4.78, 5) is 23.5. The zero-order valence-electron chi connectivity index (χ0n) is 13.6. The number of rotatable bonds is 7. The molecule has 0 aliphatic rings. The summed E-state index contributed by atoms with van der Waals surface area (Å²) in [5.41, 5.74) is 3.27. The van der Waals surface area contributed by atoms with E-state index in [0.717, 1.165) is 11.1 Å². The average Bonchev–Trinajstić information content (AvgIpc) is 2.56. The van der Waals surface area contributed by atoms with Gasteiger partial charge in [0.25, 0.3) is 0 Å². The lowest BCUT2D eigenvalue weighted by Gasteiger charge is -2.07. The minimum Gasteiger partial charge on any atom is -0.355 e. The highest BCUT2D eigenvalue weighted by molar-refractivity contribution is 6.30. The Bertz CT molecular complexity index is 682. The van der Waals surface area contributed by atoms with Crippen molar-refractivity contribution in [3.05, 3.63) is 70.2 Å². The number of halogens is 1.